The Morgan fingerprint density at radius 2 is 2.05 bits per heavy atom. The molecule has 19 heavy (non-hydrogen) atoms. The molecule has 2 N–H and O–H groups in total. The maximum absolute atomic E-state index is 6.11. The topological polar surface area (TPSA) is 64.9 Å². The van der Waals surface area contributed by atoms with Gasteiger partial charge < -0.3 is 10.3 Å². The summed E-state index contributed by atoms with van der Waals surface area (Å²) < 4.78 is 6.24. The number of nitrogens with zero attached hydrogens (tertiary/aromatic N) is 2. The van der Waals surface area contributed by atoms with E-state index in [9.17, 15) is 0 Å². The van der Waals surface area contributed by atoms with Crippen molar-refractivity contribution in [3.05, 3.63) is 32.6 Å². The lowest BCUT2D eigenvalue weighted by Crippen LogP contribution is -2.27. The lowest BCUT2D eigenvalue weighted by atomic mass is 9.87. The van der Waals surface area contributed by atoms with Crippen LogP contribution in [0.1, 0.15) is 32.6 Å². The predicted molar refractivity (Wildman–Crippen MR) is 83.8 cm³/mol. The van der Waals surface area contributed by atoms with Crippen molar-refractivity contribution in [1.82, 2.24) is 10.1 Å². The van der Waals surface area contributed by atoms with Crippen LogP contribution in [0, 0.1) is 8.99 Å². The van der Waals surface area contributed by atoms with Crippen molar-refractivity contribution in [2.45, 2.75) is 26.8 Å². The number of benzene rings is 1. The summed E-state index contributed by atoms with van der Waals surface area (Å²) in [5, 5.41) is 4.62. The zero-order valence-electron chi connectivity index (χ0n) is 10.9. The van der Waals surface area contributed by atoms with E-state index in [-0.39, 0.29) is 11.5 Å². The normalized spacial score (nSPS) is 13.6. The van der Waals surface area contributed by atoms with E-state index in [1.807, 2.05) is 39.0 Å². The van der Waals surface area contributed by atoms with Gasteiger partial charge >= 0.3 is 0 Å². The molecule has 0 amide bonds. The minimum Gasteiger partial charge on any atom is -0.334 e. The molecule has 1 heterocycles. The molecule has 6 heteroatoms. The van der Waals surface area contributed by atoms with Crippen LogP contribution in [0.3, 0.4) is 0 Å². The molecule has 2 rings (SSSR count). The highest BCUT2D eigenvalue weighted by Crippen LogP contribution is 2.31. The molecular weight excluding hydrogens is 377 g/mol. The molecule has 102 valence electrons. The van der Waals surface area contributed by atoms with Crippen molar-refractivity contribution < 1.29 is 4.52 Å². The Balaban J connectivity index is 2.33. The van der Waals surface area contributed by atoms with E-state index in [2.05, 4.69) is 32.7 Å². The van der Waals surface area contributed by atoms with Crippen molar-refractivity contribution in [1.29, 1.82) is 0 Å². The molecule has 4 nitrogen and oxygen atoms in total. The van der Waals surface area contributed by atoms with Gasteiger partial charge in [0.25, 0.3) is 5.89 Å². The molecule has 2 aromatic rings. The summed E-state index contributed by atoms with van der Waals surface area (Å²) in [5.41, 5.74) is 6.78. The minimum atomic E-state index is -0.274. The summed E-state index contributed by atoms with van der Waals surface area (Å²) in [7, 11) is 0. The SMILES string of the molecule is CC(C)(C)C(N)c1noc(-c2ccc(I)c(Cl)c2)n1. The minimum absolute atomic E-state index is 0.120. The van der Waals surface area contributed by atoms with Crippen LogP contribution in [0.15, 0.2) is 22.7 Å². The quantitative estimate of drug-likeness (QED) is 0.785. The second-order valence-electron chi connectivity index (χ2n) is 5.43. The summed E-state index contributed by atoms with van der Waals surface area (Å²) in [4.78, 5) is 4.35. The Kier molecular flexibility index (Phi) is 4.17. The van der Waals surface area contributed by atoms with Gasteiger partial charge in [0.05, 0.1) is 11.1 Å². The maximum Gasteiger partial charge on any atom is 0.258 e. The average Bonchev–Trinajstić information content (AvgIpc) is 2.79. The second-order valence-corrected chi connectivity index (χ2v) is 7.00. The number of rotatable bonds is 2. The largest absolute Gasteiger partial charge is 0.334 e. The van der Waals surface area contributed by atoms with E-state index in [0.29, 0.717) is 16.7 Å². The molecule has 0 aliphatic rings. The first-order valence-electron chi connectivity index (χ1n) is 5.83. The third kappa shape index (κ3) is 3.27. The molecule has 1 unspecified atom stereocenters. The zero-order chi connectivity index (χ0) is 14.2. The van der Waals surface area contributed by atoms with Gasteiger partial charge in [0.15, 0.2) is 5.82 Å². The van der Waals surface area contributed by atoms with Gasteiger partial charge in [-0.2, -0.15) is 4.98 Å². The van der Waals surface area contributed by atoms with Crippen LogP contribution in [-0.2, 0) is 0 Å². The number of aromatic nitrogens is 2. The highest BCUT2D eigenvalue weighted by atomic mass is 127. The molecule has 0 spiro atoms. The fourth-order valence-corrected chi connectivity index (χ4v) is 2.01. The fourth-order valence-electron chi connectivity index (χ4n) is 1.49. The molecule has 1 atom stereocenters. The van der Waals surface area contributed by atoms with Crippen LogP contribution in [0.5, 0.6) is 0 Å². The van der Waals surface area contributed by atoms with Gasteiger partial charge in [-0.25, -0.2) is 0 Å². The number of halogens is 2. The average molecular weight is 392 g/mol. The third-order valence-electron chi connectivity index (χ3n) is 2.82. The van der Waals surface area contributed by atoms with E-state index in [1.165, 1.54) is 0 Å². The van der Waals surface area contributed by atoms with Gasteiger partial charge in [0, 0.05) is 9.13 Å². The van der Waals surface area contributed by atoms with Gasteiger partial charge in [0.1, 0.15) is 0 Å². The third-order valence-corrected chi connectivity index (χ3v) is 4.39. The van der Waals surface area contributed by atoms with Crippen molar-refractivity contribution >= 4 is 34.2 Å². The highest BCUT2D eigenvalue weighted by Gasteiger charge is 2.27. The summed E-state index contributed by atoms with van der Waals surface area (Å²) >= 11 is 8.25. The first kappa shape index (κ1) is 14.7. The van der Waals surface area contributed by atoms with E-state index in [1.54, 1.807) is 0 Å². The standard InChI is InChI=1S/C13H15ClIN3O/c1-13(2,3)10(16)11-17-12(19-18-11)7-4-5-9(15)8(14)6-7/h4-6,10H,16H2,1-3H3. The Hall–Kier alpha value is -0.660. The van der Waals surface area contributed by atoms with Crippen LogP contribution in [0.2, 0.25) is 5.02 Å². The predicted octanol–water partition coefficient (Wildman–Crippen LogP) is 4.04. The van der Waals surface area contributed by atoms with Crippen LogP contribution < -0.4 is 5.73 Å². The fraction of sp³-hybridized carbons (Fsp3) is 0.385. The number of hydrogen-bond donors (Lipinski definition) is 1. The lowest BCUT2D eigenvalue weighted by Gasteiger charge is -2.23. The maximum atomic E-state index is 6.11. The van der Waals surface area contributed by atoms with Crippen LogP contribution in [-0.4, -0.2) is 10.1 Å². The van der Waals surface area contributed by atoms with E-state index >= 15 is 0 Å². The summed E-state index contributed by atoms with van der Waals surface area (Å²) in [5.74, 6) is 0.949. The molecule has 0 saturated heterocycles. The van der Waals surface area contributed by atoms with Crippen molar-refractivity contribution in [2.75, 3.05) is 0 Å². The molecule has 0 aliphatic heterocycles. The monoisotopic (exact) mass is 391 g/mol. The van der Waals surface area contributed by atoms with Crippen LogP contribution in [0.4, 0.5) is 0 Å². The molecule has 0 radical (unpaired) electrons. The Morgan fingerprint density at radius 1 is 1.37 bits per heavy atom. The summed E-state index contributed by atoms with van der Waals surface area (Å²) in [6.45, 7) is 6.11. The lowest BCUT2D eigenvalue weighted by molar-refractivity contribution is 0.303. The summed E-state index contributed by atoms with van der Waals surface area (Å²) in [6, 6.07) is 5.34. The molecule has 1 aromatic carbocycles. The van der Waals surface area contributed by atoms with Crippen LogP contribution >= 0.6 is 34.2 Å². The molecule has 1 aromatic heterocycles. The van der Waals surface area contributed by atoms with E-state index < -0.39 is 0 Å². The van der Waals surface area contributed by atoms with Gasteiger partial charge in [-0.05, 0) is 46.2 Å². The first-order valence-corrected chi connectivity index (χ1v) is 7.29. The molecule has 0 bridgehead atoms. The highest BCUT2D eigenvalue weighted by molar-refractivity contribution is 14.1. The number of hydrogen-bond acceptors (Lipinski definition) is 4. The van der Waals surface area contributed by atoms with Crippen LogP contribution in [0.25, 0.3) is 11.5 Å². The van der Waals surface area contributed by atoms with E-state index in [0.717, 1.165) is 9.13 Å². The zero-order valence-corrected chi connectivity index (χ0v) is 13.9. The first-order chi connectivity index (χ1) is 8.79. The molecule has 0 fully saturated rings. The molecule has 0 saturated carbocycles. The Bertz CT molecular complexity index is 592. The van der Waals surface area contributed by atoms with Crippen molar-refractivity contribution in [2.24, 2.45) is 11.1 Å². The van der Waals surface area contributed by atoms with Gasteiger partial charge in [-0.3, -0.25) is 0 Å². The molecular formula is C13H15ClIN3O. The number of nitrogens with two attached hydrogens (primary N) is 1. The Labute approximate surface area is 130 Å². The Morgan fingerprint density at radius 3 is 2.63 bits per heavy atom. The second kappa shape index (κ2) is 5.38. The van der Waals surface area contributed by atoms with Gasteiger partial charge in [-0.15, -0.1) is 0 Å². The van der Waals surface area contributed by atoms with E-state index in [4.69, 9.17) is 21.9 Å². The van der Waals surface area contributed by atoms with Crippen molar-refractivity contribution in [3.63, 3.8) is 0 Å². The van der Waals surface area contributed by atoms with Gasteiger partial charge in [-0.1, -0.05) is 37.5 Å². The van der Waals surface area contributed by atoms with Crippen molar-refractivity contribution in [3.8, 4) is 11.5 Å². The summed E-state index contributed by atoms with van der Waals surface area (Å²) in [6.07, 6.45) is 0. The smallest absolute Gasteiger partial charge is 0.258 e. The molecule has 0 aliphatic carbocycles. The van der Waals surface area contributed by atoms with Gasteiger partial charge in [0.2, 0.25) is 0 Å².